The van der Waals surface area contributed by atoms with Gasteiger partial charge in [-0.25, -0.2) is 0 Å². The maximum atomic E-state index is 11.2. The fourth-order valence-electron chi connectivity index (χ4n) is 1.04. The maximum Gasteiger partial charge on any atom is 0.220 e. The Labute approximate surface area is 87.7 Å². The number of aromatic nitrogens is 3. The zero-order valence-electron chi connectivity index (χ0n) is 8.64. The Kier molecular flexibility index (Phi) is 4.46. The Hall–Kier alpha value is -1.72. The van der Waals surface area contributed by atoms with Crippen molar-refractivity contribution < 1.29 is 9.59 Å². The molecule has 0 bridgehead atoms. The Morgan fingerprint density at radius 2 is 2.20 bits per heavy atom. The number of hydrogen-bond acceptors (Lipinski definition) is 4. The molecule has 0 saturated heterocycles. The molecule has 0 aliphatic heterocycles. The molecule has 0 radical (unpaired) electrons. The molecule has 0 unspecified atom stereocenters. The van der Waals surface area contributed by atoms with Crippen molar-refractivity contribution in [2.24, 2.45) is 0 Å². The fourth-order valence-corrected chi connectivity index (χ4v) is 1.04. The van der Waals surface area contributed by atoms with Crippen molar-refractivity contribution in [2.45, 2.75) is 26.3 Å². The molecule has 1 amide bonds. The van der Waals surface area contributed by atoms with Crippen LogP contribution in [-0.4, -0.2) is 33.2 Å². The van der Waals surface area contributed by atoms with Crippen LogP contribution in [0.3, 0.4) is 0 Å². The van der Waals surface area contributed by atoms with Crippen LogP contribution in [0.25, 0.3) is 0 Å². The number of Topliss-reactive ketones (excluding diaryl/α,β-unsaturated/α-hetero) is 1. The molecule has 1 N–H and O–H groups in total. The lowest BCUT2D eigenvalue weighted by atomic mass is 10.2. The van der Waals surface area contributed by atoms with Crippen LogP contribution in [0.15, 0.2) is 12.4 Å². The summed E-state index contributed by atoms with van der Waals surface area (Å²) in [5, 5.41) is 10.1. The quantitative estimate of drug-likeness (QED) is 0.703. The molecule has 0 spiro atoms. The summed E-state index contributed by atoms with van der Waals surface area (Å²) in [5.74, 6) is -0.0771. The van der Waals surface area contributed by atoms with Crippen molar-refractivity contribution in [1.29, 1.82) is 0 Å². The van der Waals surface area contributed by atoms with Crippen LogP contribution in [0.1, 0.15) is 19.8 Å². The molecule has 6 heteroatoms. The molecule has 1 aromatic rings. The van der Waals surface area contributed by atoms with Crippen molar-refractivity contribution in [1.82, 2.24) is 20.3 Å². The third kappa shape index (κ3) is 4.90. The normalized spacial score (nSPS) is 9.93. The largest absolute Gasteiger partial charge is 0.354 e. The number of nitrogens with one attached hydrogen (secondary N) is 1. The van der Waals surface area contributed by atoms with Gasteiger partial charge in [-0.1, -0.05) is 5.21 Å². The van der Waals surface area contributed by atoms with E-state index in [4.69, 9.17) is 0 Å². The second-order valence-electron chi connectivity index (χ2n) is 3.22. The number of ketones is 1. The molecular formula is C9H14N4O2. The third-order valence-electron chi connectivity index (χ3n) is 1.84. The summed E-state index contributed by atoms with van der Waals surface area (Å²) in [6.07, 6.45) is 3.86. The van der Waals surface area contributed by atoms with Crippen molar-refractivity contribution in [3.63, 3.8) is 0 Å². The second-order valence-corrected chi connectivity index (χ2v) is 3.22. The van der Waals surface area contributed by atoms with Gasteiger partial charge in [-0.15, -0.1) is 5.10 Å². The summed E-state index contributed by atoms with van der Waals surface area (Å²) in [7, 11) is 0. The van der Waals surface area contributed by atoms with Crippen LogP contribution in [-0.2, 0) is 16.1 Å². The summed E-state index contributed by atoms with van der Waals surface area (Å²) < 4.78 is 1.63. The van der Waals surface area contributed by atoms with Gasteiger partial charge in [0.05, 0.1) is 12.7 Å². The average molecular weight is 210 g/mol. The van der Waals surface area contributed by atoms with Crippen molar-refractivity contribution in [3.8, 4) is 0 Å². The van der Waals surface area contributed by atoms with E-state index in [-0.39, 0.29) is 18.1 Å². The number of carbonyl (C=O) groups excluding carboxylic acids is 2. The Balaban J connectivity index is 2.09. The van der Waals surface area contributed by atoms with Gasteiger partial charge >= 0.3 is 0 Å². The van der Waals surface area contributed by atoms with E-state index in [1.54, 1.807) is 17.1 Å². The molecule has 15 heavy (non-hydrogen) atoms. The summed E-state index contributed by atoms with van der Waals surface area (Å²) >= 11 is 0. The minimum atomic E-state index is -0.106. The lowest BCUT2D eigenvalue weighted by Crippen LogP contribution is -2.27. The number of amides is 1. The van der Waals surface area contributed by atoms with E-state index in [9.17, 15) is 9.59 Å². The van der Waals surface area contributed by atoms with Gasteiger partial charge in [-0.2, -0.15) is 0 Å². The third-order valence-corrected chi connectivity index (χ3v) is 1.84. The van der Waals surface area contributed by atoms with Crippen molar-refractivity contribution in [2.75, 3.05) is 6.54 Å². The van der Waals surface area contributed by atoms with E-state index in [1.807, 2.05) is 0 Å². The number of hydrogen-bond donors (Lipinski definition) is 1. The van der Waals surface area contributed by atoms with Gasteiger partial charge in [0.15, 0.2) is 0 Å². The zero-order valence-corrected chi connectivity index (χ0v) is 8.64. The van der Waals surface area contributed by atoms with E-state index in [1.165, 1.54) is 6.92 Å². The van der Waals surface area contributed by atoms with Crippen LogP contribution in [0, 0.1) is 0 Å². The highest BCUT2D eigenvalue weighted by atomic mass is 16.2. The number of nitrogens with zero attached hydrogens (tertiary/aromatic N) is 3. The Bertz CT molecular complexity index is 321. The maximum absolute atomic E-state index is 11.2. The number of carbonyl (C=O) groups is 2. The van der Waals surface area contributed by atoms with E-state index in [0.29, 0.717) is 19.5 Å². The van der Waals surface area contributed by atoms with Crippen LogP contribution in [0.5, 0.6) is 0 Å². The van der Waals surface area contributed by atoms with Crippen LogP contribution in [0.2, 0.25) is 0 Å². The van der Waals surface area contributed by atoms with Gasteiger partial charge in [-0.3, -0.25) is 9.48 Å². The fraction of sp³-hybridized carbons (Fsp3) is 0.556. The highest BCUT2D eigenvalue weighted by Crippen LogP contribution is 1.89. The SMILES string of the molecule is CC(=O)CCC(=O)NCCn1ccnn1. The molecule has 0 aromatic carbocycles. The van der Waals surface area contributed by atoms with Crippen molar-refractivity contribution >= 4 is 11.7 Å². The van der Waals surface area contributed by atoms with Gasteiger partial charge in [0.1, 0.15) is 5.78 Å². The Morgan fingerprint density at radius 3 is 2.80 bits per heavy atom. The topological polar surface area (TPSA) is 76.9 Å². The minimum absolute atomic E-state index is 0.0291. The van der Waals surface area contributed by atoms with Gasteiger partial charge in [0.2, 0.25) is 5.91 Å². The predicted molar refractivity (Wildman–Crippen MR) is 52.9 cm³/mol. The van der Waals surface area contributed by atoms with E-state index >= 15 is 0 Å². The van der Waals surface area contributed by atoms with Crippen LogP contribution in [0.4, 0.5) is 0 Å². The molecule has 0 aliphatic rings. The molecule has 0 aliphatic carbocycles. The Morgan fingerprint density at radius 1 is 1.40 bits per heavy atom. The van der Waals surface area contributed by atoms with Gasteiger partial charge < -0.3 is 10.1 Å². The minimum Gasteiger partial charge on any atom is -0.354 e. The molecule has 6 nitrogen and oxygen atoms in total. The molecular weight excluding hydrogens is 196 g/mol. The zero-order chi connectivity index (χ0) is 11.1. The molecule has 0 fully saturated rings. The monoisotopic (exact) mass is 210 g/mol. The second kappa shape index (κ2) is 5.90. The standard InChI is InChI=1S/C9H14N4O2/c1-8(14)2-3-9(15)10-4-6-13-7-5-11-12-13/h5,7H,2-4,6H2,1H3,(H,10,15). The highest BCUT2D eigenvalue weighted by Gasteiger charge is 2.02. The van der Waals surface area contributed by atoms with Crippen LogP contribution >= 0.6 is 0 Å². The lowest BCUT2D eigenvalue weighted by Gasteiger charge is -2.03. The smallest absolute Gasteiger partial charge is 0.220 e. The molecule has 82 valence electrons. The van der Waals surface area contributed by atoms with E-state index in [0.717, 1.165) is 0 Å². The summed E-state index contributed by atoms with van der Waals surface area (Å²) in [5.41, 5.74) is 0. The first-order valence-electron chi connectivity index (χ1n) is 4.78. The van der Waals surface area contributed by atoms with Crippen molar-refractivity contribution in [3.05, 3.63) is 12.4 Å². The van der Waals surface area contributed by atoms with Gasteiger partial charge in [-0.05, 0) is 6.92 Å². The van der Waals surface area contributed by atoms with E-state index < -0.39 is 0 Å². The molecule has 0 saturated carbocycles. The summed E-state index contributed by atoms with van der Waals surface area (Å²) in [6.45, 7) is 2.56. The molecule has 0 atom stereocenters. The molecule has 1 rings (SSSR count). The predicted octanol–water partition coefficient (Wildman–Crippen LogP) is -0.237. The first-order chi connectivity index (χ1) is 7.18. The average Bonchev–Trinajstić information content (AvgIpc) is 2.67. The van der Waals surface area contributed by atoms with E-state index in [2.05, 4.69) is 15.6 Å². The first-order valence-corrected chi connectivity index (χ1v) is 4.78. The highest BCUT2D eigenvalue weighted by molar-refractivity contribution is 5.83. The summed E-state index contributed by atoms with van der Waals surface area (Å²) in [4.78, 5) is 21.8. The molecule has 1 aromatic heterocycles. The summed E-state index contributed by atoms with van der Waals surface area (Å²) in [6, 6.07) is 0. The van der Waals surface area contributed by atoms with Gasteiger partial charge in [0, 0.05) is 25.6 Å². The van der Waals surface area contributed by atoms with Gasteiger partial charge in [0.25, 0.3) is 0 Å². The van der Waals surface area contributed by atoms with Crippen LogP contribution < -0.4 is 5.32 Å². The number of rotatable bonds is 6. The lowest BCUT2D eigenvalue weighted by molar-refractivity contribution is -0.124. The molecule has 1 heterocycles. The first kappa shape index (κ1) is 11.4.